The van der Waals surface area contributed by atoms with Gasteiger partial charge < -0.3 is 31.1 Å². The summed E-state index contributed by atoms with van der Waals surface area (Å²) < 4.78 is 0. The normalized spacial score (nSPS) is 37.1. The summed E-state index contributed by atoms with van der Waals surface area (Å²) in [6, 6.07) is -1.34. The minimum absolute atomic E-state index is 0.00164. The van der Waals surface area contributed by atoms with Gasteiger partial charge in [0.15, 0.2) is 17.6 Å². The van der Waals surface area contributed by atoms with Crippen molar-refractivity contribution in [2.24, 2.45) is 0 Å². The van der Waals surface area contributed by atoms with E-state index in [2.05, 4.69) is 16.0 Å². The molecule has 0 aliphatic carbocycles. The molecule has 4 rings (SSSR count). The van der Waals surface area contributed by atoms with Crippen LogP contribution < -0.4 is 16.0 Å². The molecule has 4 saturated heterocycles. The maximum absolute atomic E-state index is 11.9. The lowest BCUT2D eigenvalue weighted by atomic mass is 9.85. The molecule has 4 heterocycles. The van der Waals surface area contributed by atoms with Crippen LogP contribution in [0.5, 0.6) is 0 Å². The van der Waals surface area contributed by atoms with E-state index in [-0.39, 0.29) is 56.1 Å². The number of likely N-dealkylation sites (tertiary alicyclic amines) is 1. The first-order valence-corrected chi connectivity index (χ1v) is 7.80. The van der Waals surface area contributed by atoms with Crippen molar-refractivity contribution in [1.82, 2.24) is 25.8 Å². The minimum Gasteiger partial charge on any atom is -0.362 e. The van der Waals surface area contributed by atoms with Crippen LogP contribution in [0, 0.1) is 10.8 Å². The van der Waals surface area contributed by atoms with E-state index in [1.807, 2.05) is 0 Å². The van der Waals surface area contributed by atoms with Gasteiger partial charge in [0.05, 0.1) is 18.6 Å². The van der Waals surface area contributed by atoms with E-state index < -0.39 is 23.5 Å². The summed E-state index contributed by atoms with van der Waals surface area (Å²) in [4.78, 5) is 26.4. The Bertz CT molecular complexity index is 649. The van der Waals surface area contributed by atoms with Gasteiger partial charge in [0, 0.05) is 25.8 Å². The van der Waals surface area contributed by atoms with Crippen molar-refractivity contribution in [3.8, 4) is 0 Å². The van der Waals surface area contributed by atoms with Crippen LogP contribution >= 0.6 is 0 Å². The van der Waals surface area contributed by atoms with Gasteiger partial charge in [0.25, 0.3) is 0 Å². The van der Waals surface area contributed by atoms with Crippen LogP contribution in [-0.4, -0.2) is 80.4 Å². The molecule has 0 radical (unpaired) electrons. The van der Waals surface area contributed by atoms with E-state index in [4.69, 9.17) is 10.8 Å². The highest BCUT2D eigenvalue weighted by Gasteiger charge is 2.70. The molecule has 0 bridgehead atoms. The molecular formula is C13H19N7O4. The van der Waals surface area contributed by atoms with E-state index >= 15 is 0 Å². The Morgan fingerprint density at radius 2 is 1.83 bits per heavy atom. The predicted octanol–water partition coefficient (Wildman–Crippen LogP) is -3.38. The van der Waals surface area contributed by atoms with Gasteiger partial charge in [0.2, 0.25) is 17.6 Å². The number of aliphatic hydroxyl groups is 2. The molecule has 11 heteroatoms. The van der Waals surface area contributed by atoms with Crippen molar-refractivity contribution in [1.29, 1.82) is 10.8 Å². The van der Waals surface area contributed by atoms with Crippen LogP contribution in [0.15, 0.2) is 0 Å². The molecule has 4 aliphatic rings. The van der Waals surface area contributed by atoms with Crippen LogP contribution in [0.4, 0.5) is 0 Å². The molecule has 0 aromatic rings. The number of amides is 2. The van der Waals surface area contributed by atoms with Crippen LogP contribution in [0.2, 0.25) is 0 Å². The van der Waals surface area contributed by atoms with Gasteiger partial charge in [-0.25, -0.2) is 0 Å². The largest absolute Gasteiger partial charge is 0.362 e. The zero-order chi connectivity index (χ0) is 17.3. The van der Waals surface area contributed by atoms with Crippen LogP contribution in [-0.2, 0) is 9.59 Å². The summed E-state index contributed by atoms with van der Waals surface area (Å²) in [6.45, 7) is 0.226. The van der Waals surface area contributed by atoms with Gasteiger partial charge in [-0.1, -0.05) is 0 Å². The molecule has 7 N–H and O–H groups in total. The fourth-order valence-electron chi connectivity index (χ4n) is 4.19. The molecule has 0 aromatic heterocycles. The zero-order valence-corrected chi connectivity index (χ0v) is 12.8. The van der Waals surface area contributed by atoms with E-state index in [9.17, 15) is 19.8 Å². The maximum Gasteiger partial charge on any atom is 0.229 e. The lowest BCUT2D eigenvalue weighted by Gasteiger charge is -2.51. The minimum atomic E-state index is -2.17. The van der Waals surface area contributed by atoms with Gasteiger partial charge >= 0.3 is 0 Å². The van der Waals surface area contributed by atoms with Crippen molar-refractivity contribution < 1.29 is 19.8 Å². The summed E-state index contributed by atoms with van der Waals surface area (Å²) >= 11 is 0. The van der Waals surface area contributed by atoms with E-state index in [0.29, 0.717) is 0 Å². The predicted molar refractivity (Wildman–Crippen MR) is 79.6 cm³/mol. The van der Waals surface area contributed by atoms with Crippen LogP contribution in [0.1, 0.15) is 19.3 Å². The monoisotopic (exact) mass is 337 g/mol. The second kappa shape index (κ2) is 4.57. The molecule has 0 aromatic carbocycles. The molecule has 2 unspecified atom stereocenters. The highest BCUT2D eigenvalue weighted by molar-refractivity contribution is 6.02. The Balaban J connectivity index is 1.70. The molecule has 130 valence electrons. The number of nitrogens with one attached hydrogen (secondary N) is 5. The number of hydrogen-bond acceptors (Lipinski definition) is 6. The molecule has 11 nitrogen and oxygen atoms in total. The molecular weight excluding hydrogens is 318 g/mol. The zero-order valence-electron chi connectivity index (χ0n) is 12.8. The highest BCUT2D eigenvalue weighted by Crippen LogP contribution is 2.42. The van der Waals surface area contributed by atoms with Crippen molar-refractivity contribution >= 4 is 23.7 Å². The number of rotatable bonds is 2. The van der Waals surface area contributed by atoms with Gasteiger partial charge in [0.1, 0.15) is 0 Å². The second-order valence-corrected chi connectivity index (χ2v) is 6.60. The Kier molecular flexibility index (Phi) is 2.89. The number of nitrogens with zero attached hydrogens (tertiary/aromatic N) is 2. The summed E-state index contributed by atoms with van der Waals surface area (Å²) in [7, 11) is 0. The molecule has 1 spiro atoms. The lowest BCUT2D eigenvalue weighted by Crippen LogP contribution is -2.80. The quantitative estimate of drug-likeness (QED) is 0.202. The summed E-state index contributed by atoms with van der Waals surface area (Å²) in [5.41, 5.74) is -1.48. The Morgan fingerprint density at radius 1 is 1.17 bits per heavy atom. The molecule has 4 aliphatic heterocycles. The Morgan fingerprint density at radius 3 is 2.50 bits per heavy atom. The molecule has 3 atom stereocenters. The smallest absolute Gasteiger partial charge is 0.229 e. The van der Waals surface area contributed by atoms with E-state index in [1.54, 1.807) is 0 Å². The first-order chi connectivity index (χ1) is 11.3. The van der Waals surface area contributed by atoms with Crippen molar-refractivity contribution in [2.45, 2.75) is 42.8 Å². The molecule has 4 fully saturated rings. The third-order valence-corrected chi connectivity index (χ3v) is 5.31. The van der Waals surface area contributed by atoms with Crippen molar-refractivity contribution in [3.63, 3.8) is 0 Å². The molecule has 24 heavy (non-hydrogen) atoms. The lowest BCUT2D eigenvalue weighted by molar-refractivity contribution is -0.223. The number of carbonyl (C=O) groups excluding carboxylic acids is 2. The van der Waals surface area contributed by atoms with Gasteiger partial charge in [-0.3, -0.25) is 25.3 Å². The maximum atomic E-state index is 11.9. The van der Waals surface area contributed by atoms with Crippen LogP contribution in [0.3, 0.4) is 0 Å². The van der Waals surface area contributed by atoms with Crippen molar-refractivity contribution in [2.75, 3.05) is 13.1 Å². The van der Waals surface area contributed by atoms with E-state index in [1.165, 1.54) is 4.90 Å². The van der Waals surface area contributed by atoms with Crippen LogP contribution in [0.25, 0.3) is 0 Å². The summed E-state index contributed by atoms with van der Waals surface area (Å²) in [6.07, 6.45) is 0.330. The molecule has 2 amide bonds. The summed E-state index contributed by atoms with van der Waals surface area (Å²) in [5, 5.41) is 45.6. The van der Waals surface area contributed by atoms with Gasteiger partial charge in [-0.2, -0.15) is 0 Å². The fraction of sp³-hybridized carbons (Fsp3) is 0.692. The SMILES string of the molecule is N=C1NC2[C@H](CN3C(=O)CCC3=O)NC(=N)N3CCC(O)(O)C23N1. The molecule has 0 saturated carbocycles. The van der Waals surface area contributed by atoms with E-state index in [0.717, 1.165) is 4.90 Å². The number of carbonyl (C=O) groups is 2. The summed E-state index contributed by atoms with van der Waals surface area (Å²) in [5.74, 6) is -2.86. The highest BCUT2D eigenvalue weighted by atomic mass is 16.5. The average molecular weight is 337 g/mol. The first kappa shape index (κ1) is 15.1. The standard InChI is InChI=1S/C13H19N7O4/c14-10-17-9-6(5-19-7(21)1-2-8(19)22)16-11(15)20-4-3-12(23,24)13(9,20)18-10/h6,9,23-24H,1-5H2,(H2,15,16)(H3,14,17,18)/t6-,9?,13?/m0/s1. The van der Waals surface area contributed by atoms with Gasteiger partial charge in [-0.05, 0) is 0 Å². The Labute approximate surface area is 137 Å². The number of guanidine groups is 2. The third-order valence-electron chi connectivity index (χ3n) is 5.31. The van der Waals surface area contributed by atoms with Gasteiger partial charge in [-0.15, -0.1) is 0 Å². The first-order valence-electron chi connectivity index (χ1n) is 7.80. The fourth-order valence-corrected chi connectivity index (χ4v) is 4.19. The number of imide groups is 1. The second-order valence-electron chi connectivity index (χ2n) is 6.60. The Hall–Kier alpha value is -2.40. The topological polar surface area (TPSA) is 165 Å². The van der Waals surface area contributed by atoms with Crippen molar-refractivity contribution in [3.05, 3.63) is 0 Å². The number of hydrogen-bond donors (Lipinski definition) is 7. The average Bonchev–Trinajstić information content (AvgIpc) is 3.10. The third kappa shape index (κ3) is 1.73.